The number of fused-ring (bicyclic) bond motifs is 1. The molecule has 0 fully saturated rings. The molecule has 3 amide bonds. The fraction of sp³-hybridized carbons (Fsp3) is 0.120. The predicted molar refractivity (Wildman–Crippen MR) is 126 cm³/mol. The van der Waals surface area contributed by atoms with Crippen LogP contribution in [0, 0.1) is 0 Å². The molecule has 1 aliphatic rings. The maximum Gasteiger partial charge on any atom is 0.274 e. The number of carbonyl (C=O) groups excluding carboxylic acids is 3. The molecule has 0 saturated heterocycles. The molecule has 1 aromatic heterocycles. The highest BCUT2D eigenvalue weighted by atomic mass is 16.7. The van der Waals surface area contributed by atoms with Gasteiger partial charge in [0.2, 0.25) is 18.6 Å². The Morgan fingerprint density at radius 3 is 2.60 bits per heavy atom. The van der Waals surface area contributed by atoms with Crippen LogP contribution in [0.1, 0.15) is 21.5 Å². The van der Waals surface area contributed by atoms with E-state index in [1.165, 1.54) is 30.3 Å². The van der Waals surface area contributed by atoms with Gasteiger partial charge in [-0.1, -0.05) is 12.1 Å². The molecule has 0 spiro atoms. The van der Waals surface area contributed by atoms with E-state index in [0.29, 0.717) is 17.2 Å². The zero-order valence-corrected chi connectivity index (χ0v) is 18.4. The molecule has 35 heavy (non-hydrogen) atoms. The second-order valence-electron chi connectivity index (χ2n) is 7.58. The van der Waals surface area contributed by atoms with Crippen molar-refractivity contribution in [3.8, 4) is 11.5 Å². The van der Waals surface area contributed by atoms with Gasteiger partial charge in [-0.2, -0.15) is 0 Å². The summed E-state index contributed by atoms with van der Waals surface area (Å²) in [7, 11) is 0. The van der Waals surface area contributed by atoms with Crippen molar-refractivity contribution in [1.29, 1.82) is 0 Å². The highest BCUT2D eigenvalue weighted by Gasteiger charge is 2.21. The van der Waals surface area contributed by atoms with Crippen LogP contribution in [0.2, 0.25) is 0 Å². The van der Waals surface area contributed by atoms with Gasteiger partial charge in [-0.25, -0.2) is 5.48 Å². The molecule has 10 heteroatoms. The average Bonchev–Trinajstić information content (AvgIpc) is 3.35. The van der Waals surface area contributed by atoms with E-state index < -0.39 is 23.8 Å². The molecule has 3 aromatic rings. The van der Waals surface area contributed by atoms with Gasteiger partial charge in [-0.3, -0.25) is 24.6 Å². The minimum Gasteiger partial charge on any atom is -0.454 e. The molecule has 0 radical (unpaired) electrons. The number of carbonyl (C=O) groups is 3. The van der Waals surface area contributed by atoms with E-state index in [1.54, 1.807) is 48.2 Å². The lowest BCUT2D eigenvalue weighted by molar-refractivity contribution is -0.123. The molecule has 0 unspecified atom stereocenters. The van der Waals surface area contributed by atoms with Gasteiger partial charge in [0, 0.05) is 36.1 Å². The number of anilines is 1. The van der Waals surface area contributed by atoms with E-state index in [9.17, 15) is 14.4 Å². The van der Waals surface area contributed by atoms with Crippen LogP contribution in [0.3, 0.4) is 0 Å². The van der Waals surface area contributed by atoms with Gasteiger partial charge >= 0.3 is 0 Å². The third kappa shape index (κ3) is 6.21. The number of amides is 3. The summed E-state index contributed by atoms with van der Waals surface area (Å²) >= 11 is 0. The largest absolute Gasteiger partial charge is 0.454 e. The Hall–Kier alpha value is -4.70. The Balaban J connectivity index is 1.45. The molecule has 4 N–H and O–H groups in total. The summed E-state index contributed by atoms with van der Waals surface area (Å²) in [6.07, 6.45) is 6.41. The number of hydrogen-bond acceptors (Lipinski definition) is 7. The Morgan fingerprint density at radius 1 is 1.06 bits per heavy atom. The van der Waals surface area contributed by atoms with Gasteiger partial charge in [-0.15, -0.1) is 0 Å². The summed E-state index contributed by atoms with van der Waals surface area (Å²) in [5.74, 6) is -0.327. The maximum absolute atomic E-state index is 13.0. The molecule has 2 aromatic carbocycles. The summed E-state index contributed by atoms with van der Waals surface area (Å²) in [4.78, 5) is 41.2. The van der Waals surface area contributed by atoms with Crippen LogP contribution < -0.4 is 25.6 Å². The number of nitrogens with zero attached hydrogens (tertiary/aromatic N) is 1. The zero-order valence-electron chi connectivity index (χ0n) is 18.4. The highest BCUT2D eigenvalue weighted by molar-refractivity contribution is 6.00. The number of rotatable bonds is 8. The van der Waals surface area contributed by atoms with E-state index in [0.717, 1.165) is 11.1 Å². The third-order valence-corrected chi connectivity index (χ3v) is 5.14. The summed E-state index contributed by atoms with van der Waals surface area (Å²) < 4.78 is 10.6. The summed E-state index contributed by atoms with van der Waals surface area (Å²) in [5.41, 5.74) is 3.70. The van der Waals surface area contributed by atoms with E-state index >= 15 is 0 Å². The topological polar surface area (TPSA) is 139 Å². The number of ether oxygens (including phenoxy) is 2. The number of hydrogen-bond donors (Lipinski definition) is 4. The predicted octanol–water partition coefficient (Wildman–Crippen LogP) is 2.31. The van der Waals surface area contributed by atoms with Crippen molar-refractivity contribution < 1.29 is 29.1 Å². The van der Waals surface area contributed by atoms with Crippen molar-refractivity contribution in [2.45, 2.75) is 12.5 Å². The van der Waals surface area contributed by atoms with Crippen molar-refractivity contribution in [3.05, 3.63) is 89.8 Å². The molecule has 0 saturated carbocycles. The molecular formula is C25H22N4O6. The Bertz CT molecular complexity index is 1240. The van der Waals surface area contributed by atoms with E-state index in [4.69, 9.17) is 14.7 Å². The molecule has 10 nitrogen and oxygen atoms in total. The summed E-state index contributed by atoms with van der Waals surface area (Å²) in [5, 5.41) is 14.2. The van der Waals surface area contributed by atoms with Gasteiger partial charge in [0.05, 0.1) is 0 Å². The first-order valence-corrected chi connectivity index (χ1v) is 10.6. The third-order valence-electron chi connectivity index (χ3n) is 5.14. The van der Waals surface area contributed by atoms with Gasteiger partial charge in [0.15, 0.2) is 11.5 Å². The Morgan fingerprint density at radius 2 is 1.86 bits per heavy atom. The highest BCUT2D eigenvalue weighted by Crippen LogP contribution is 2.32. The van der Waals surface area contributed by atoms with E-state index in [2.05, 4.69) is 15.6 Å². The van der Waals surface area contributed by atoms with Crippen LogP contribution in [0.5, 0.6) is 11.5 Å². The Labute approximate surface area is 200 Å². The SMILES string of the molecule is O=C(/C=C/c1ccc2c(c1)OCO2)N[C@@H](Cc1cccnc1)C(=O)Nc1ccc(C(=O)NO)cc1. The standard InChI is InChI=1S/C25H22N4O6/c30-23(10-4-16-3-9-21-22(13-16)35-15-34-21)28-20(12-17-2-1-11-26-14-17)25(32)27-19-7-5-18(6-8-19)24(31)29-33/h1-11,13-14,20,33H,12,15H2,(H,27,32)(H,28,30)(H,29,31)/b10-4+/t20-/m0/s1. The maximum atomic E-state index is 13.0. The molecule has 0 bridgehead atoms. The van der Waals surface area contributed by atoms with Crippen LogP contribution in [-0.2, 0) is 16.0 Å². The minimum absolute atomic E-state index is 0.158. The first kappa shape index (κ1) is 23.5. The second-order valence-corrected chi connectivity index (χ2v) is 7.58. The molecule has 2 heterocycles. The molecule has 1 atom stereocenters. The monoisotopic (exact) mass is 474 g/mol. The lowest BCUT2D eigenvalue weighted by Gasteiger charge is -2.18. The number of pyridine rings is 1. The number of aromatic nitrogens is 1. The number of benzene rings is 2. The quantitative estimate of drug-likeness (QED) is 0.223. The fourth-order valence-electron chi connectivity index (χ4n) is 3.37. The van der Waals surface area contributed by atoms with Crippen LogP contribution in [0.25, 0.3) is 6.08 Å². The molecule has 1 aliphatic heterocycles. The van der Waals surface area contributed by atoms with Crippen molar-refractivity contribution in [2.24, 2.45) is 0 Å². The summed E-state index contributed by atoms with van der Waals surface area (Å²) in [6, 6.07) is 13.9. The lowest BCUT2D eigenvalue weighted by Crippen LogP contribution is -2.44. The van der Waals surface area contributed by atoms with E-state index in [-0.39, 0.29) is 18.8 Å². The molecule has 0 aliphatic carbocycles. The molecule has 4 rings (SSSR count). The second kappa shape index (κ2) is 10.9. The zero-order chi connectivity index (χ0) is 24.6. The Kier molecular flexibility index (Phi) is 7.34. The number of hydroxylamine groups is 1. The fourth-order valence-corrected chi connectivity index (χ4v) is 3.37. The van der Waals surface area contributed by atoms with Gasteiger partial charge in [0.25, 0.3) is 5.91 Å². The normalized spacial score (nSPS) is 12.7. The van der Waals surface area contributed by atoms with Crippen LogP contribution in [-0.4, -0.2) is 40.7 Å². The van der Waals surface area contributed by atoms with E-state index in [1.807, 2.05) is 6.07 Å². The van der Waals surface area contributed by atoms with Crippen LogP contribution in [0.15, 0.2) is 73.1 Å². The first-order chi connectivity index (χ1) is 17.0. The van der Waals surface area contributed by atoms with Gasteiger partial charge in [0.1, 0.15) is 6.04 Å². The molecule has 178 valence electrons. The summed E-state index contributed by atoms with van der Waals surface area (Å²) in [6.45, 7) is 0.158. The van der Waals surface area contributed by atoms with Crippen molar-refractivity contribution >= 4 is 29.5 Å². The smallest absolute Gasteiger partial charge is 0.274 e. The number of nitrogens with one attached hydrogen (secondary N) is 3. The van der Waals surface area contributed by atoms with Gasteiger partial charge in [-0.05, 0) is 59.7 Å². The van der Waals surface area contributed by atoms with Crippen molar-refractivity contribution in [3.63, 3.8) is 0 Å². The van der Waals surface area contributed by atoms with Crippen molar-refractivity contribution in [2.75, 3.05) is 12.1 Å². The molecular weight excluding hydrogens is 452 g/mol. The minimum atomic E-state index is -0.895. The lowest BCUT2D eigenvalue weighted by atomic mass is 10.1. The van der Waals surface area contributed by atoms with Crippen molar-refractivity contribution in [1.82, 2.24) is 15.8 Å². The average molecular weight is 474 g/mol. The van der Waals surface area contributed by atoms with Crippen LogP contribution in [0.4, 0.5) is 5.69 Å². The first-order valence-electron chi connectivity index (χ1n) is 10.6. The van der Waals surface area contributed by atoms with Crippen LogP contribution >= 0.6 is 0 Å². The van der Waals surface area contributed by atoms with Gasteiger partial charge < -0.3 is 20.1 Å².